The van der Waals surface area contributed by atoms with Crippen LogP contribution in [0.25, 0.3) is 0 Å². The fraction of sp³-hybridized carbons (Fsp3) is 0.533. The third-order valence-corrected chi connectivity index (χ3v) is 4.36. The average molecular weight is 280 g/mol. The van der Waals surface area contributed by atoms with Crippen molar-refractivity contribution in [2.75, 3.05) is 0 Å². The Labute approximate surface area is 117 Å². The van der Waals surface area contributed by atoms with Crippen molar-refractivity contribution in [3.63, 3.8) is 0 Å². The van der Waals surface area contributed by atoms with Crippen molar-refractivity contribution in [1.29, 1.82) is 0 Å². The summed E-state index contributed by atoms with van der Waals surface area (Å²) in [6, 6.07) is 0. The summed E-state index contributed by atoms with van der Waals surface area (Å²) in [6.45, 7) is 7.04. The molecule has 20 heavy (non-hydrogen) atoms. The Kier molecular flexibility index (Phi) is 3.42. The second-order valence-corrected chi connectivity index (χ2v) is 5.69. The number of aliphatic hydroxyl groups is 1. The number of benzene rings is 1. The smallest absolute Gasteiger partial charge is 0.336 e. The van der Waals surface area contributed by atoms with E-state index < -0.39 is 17.7 Å². The SMILES string of the molecule is Cc1c(C)c2c(c(C)c1O)CCC(C)(C(O)C(=O)O)O2. The summed E-state index contributed by atoms with van der Waals surface area (Å²) in [6.07, 6.45) is -0.628. The summed E-state index contributed by atoms with van der Waals surface area (Å²) in [5.74, 6) is -0.445. The Balaban J connectivity index is 2.53. The number of phenolic OH excluding ortho intramolecular Hbond substituents is 1. The van der Waals surface area contributed by atoms with Crippen LogP contribution in [0.3, 0.4) is 0 Å². The number of aromatic hydroxyl groups is 1. The van der Waals surface area contributed by atoms with E-state index in [9.17, 15) is 15.0 Å². The fourth-order valence-electron chi connectivity index (χ4n) is 2.72. The van der Waals surface area contributed by atoms with Gasteiger partial charge in [-0.15, -0.1) is 0 Å². The van der Waals surface area contributed by atoms with Crippen LogP contribution in [0.1, 0.15) is 35.6 Å². The first-order valence-corrected chi connectivity index (χ1v) is 6.60. The van der Waals surface area contributed by atoms with E-state index in [1.807, 2.05) is 13.8 Å². The second kappa shape index (κ2) is 4.66. The van der Waals surface area contributed by atoms with Gasteiger partial charge in [-0.2, -0.15) is 0 Å². The molecule has 0 fully saturated rings. The Hall–Kier alpha value is -1.75. The van der Waals surface area contributed by atoms with Gasteiger partial charge in [0, 0.05) is 5.56 Å². The molecule has 5 heteroatoms. The number of carboxylic acid groups (broad SMARTS) is 1. The van der Waals surface area contributed by atoms with Crippen LogP contribution in [-0.2, 0) is 11.2 Å². The maximum atomic E-state index is 11.0. The van der Waals surface area contributed by atoms with E-state index >= 15 is 0 Å². The van der Waals surface area contributed by atoms with Gasteiger partial charge >= 0.3 is 5.97 Å². The average Bonchev–Trinajstić information content (AvgIpc) is 2.41. The molecule has 2 unspecified atom stereocenters. The third-order valence-electron chi connectivity index (χ3n) is 4.36. The highest BCUT2D eigenvalue weighted by molar-refractivity contribution is 5.74. The minimum atomic E-state index is -1.58. The van der Waals surface area contributed by atoms with Crippen molar-refractivity contribution in [2.45, 2.75) is 52.2 Å². The number of aliphatic hydroxyl groups excluding tert-OH is 1. The lowest BCUT2D eigenvalue weighted by molar-refractivity contribution is -0.160. The summed E-state index contributed by atoms with van der Waals surface area (Å²) in [7, 11) is 0. The molecule has 110 valence electrons. The van der Waals surface area contributed by atoms with E-state index in [1.54, 1.807) is 13.8 Å². The van der Waals surface area contributed by atoms with Crippen LogP contribution in [0.4, 0.5) is 0 Å². The van der Waals surface area contributed by atoms with Crippen molar-refractivity contribution in [2.24, 2.45) is 0 Å². The zero-order valence-electron chi connectivity index (χ0n) is 12.1. The van der Waals surface area contributed by atoms with E-state index in [0.29, 0.717) is 18.6 Å². The van der Waals surface area contributed by atoms with Crippen LogP contribution in [0.15, 0.2) is 0 Å². The number of hydrogen-bond donors (Lipinski definition) is 3. The van der Waals surface area contributed by atoms with E-state index in [2.05, 4.69) is 0 Å². The highest BCUT2D eigenvalue weighted by Gasteiger charge is 2.44. The zero-order valence-corrected chi connectivity index (χ0v) is 12.1. The first-order valence-electron chi connectivity index (χ1n) is 6.60. The van der Waals surface area contributed by atoms with E-state index in [4.69, 9.17) is 9.84 Å². The van der Waals surface area contributed by atoms with Gasteiger partial charge in [-0.1, -0.05) is 0 Å². The zero-order chi connectivity index (χ0) is 15.2. The maximum Gasteiger partial charge on any atom is 0.336 e. The molecule has 2 atom stereocenters. The first-order chi connectivity index (χ1) is 9.19. The molecule has 1 aliphatic rings. The maximum absolute atomic E-state index is 11.0. The summed E-state index contributed by atoms with van der Waals surface area (Å²) in [5, 5.41) is 28.9. The number of fused-ring (bicyclic) bond motifs is 1. The molecule has 2 rings (SSSR count). The normalized spacial score (nSPS) is 22.9. The molecule has 0 bridgehead atoms. The van der Waals surface area contributed by atoms with E-state index in [1.165, 1.54) is 0 Å². The van der Waals surface area contributed by atoms with Gasteiger partial charge in [0.2, 0.25) is 0 Å². The molecule has 0 amide bonds. The number of rotatable bonds is 2. The van der Waals surface area contributed by atoms with Gasteiger partial charge in [-0.3, -0.25) is 0 Å². The van der Waals surface area contributed by atoms with Crippen LogP contribution in [0, 0.1) is 20.8 Å². The van der Waals surface area contributed by atoms with Crippen molar-refractivity contribution in [1.82, 2.24) is 0 Å². The van der Waals surface area contributed by atoms with Crippen LogP contribution in [0.2, 0.25) is 0 Å². The quantitative estimate of drug-likeness (QED) is 0.769. The largest absolute Gasteiger partial charge is 0.507 e. The lowest BCUT2D eigenvalue weighted by atomic mass is 9.84. The van der Waals surface area contributed by atoms with Gasteiger partial charge in [0.25, 0.3) is 0 Å². The Bertz CT molecular complexity index is 578. The summed E-state index contributed by atoms with van der Waals surface area (Å²) in [4.78, 5) is 11.0. The van der Waals surface area contributed by atoms with Crippen molar-refractivity contribution < 1.29 is 24.9 Å². The van der Waals surface area contributed by atoms with Gasteiger partial charge in [-0.25, -0.2) is 4.79 Å². The van der Waals surface area contributed by atoms with Crippen LogP contribution >= 0.6 is 0 Å². The third kappa shape index (κ3) is 2.02. The Morgan fingerprint density at radius 2 is 1.85 bits per heavy atom. The van der Waals surface area contributed by atoms with E-state index in [0.717, 1.165) is 22.3 Å². The molecule has 1 aliphatic heterocycles. The van der Waals surface area contributed by atoms with E-state index in [-0.39, 0.29) is 5.75 Å². The second-order valence-electron chi connectivity index (χ2n) is 5.69. The summed E-state index contributed by atoms with van der Waals surface area (Å²) in [5.41, 5.74) is 2.00. The van der Waals surface area contributed by atoms with Gasteiger partial charge in [0.1, 0.15) is 17.1 Å². The van der Waals surface area contributed by atoms with Gasteiger partial charge < -0.3 is 20.1 Å². The molecule has 0 radical (unpaired) electrons. The van der Waals surface area contributed by atoms with Crippen molar-refractivity contribution >= 4 is 5.97 Å². The molecule has 0 aliphatic carbocycles. The first kappa shape index (κ1) is 14.7. The summed E-state index contributed by atoms with van der Waals surface area (Å²) >= 11 is 0. The molecule has 0 aromatic heterocycles. The topological polar surface area (TPSA) is 87.0 Å². The molecule has 0 saturated heterocycles. The number of aliphatic carboxylic acids is 1. The van der Waals surface area contributed by atoms with Gasteiger partial charge in [0.15, 0.2) is 6.10 Å². The van der Waals surface area contributed by atoms with Crippen molar-refractivity contribution in [3.8, 4) is 11.5 Å². The summed E-state index contributed by atoms with van der Waals surface area (Å²) < 4.78 is 5.85. The Morgan fingerprint density at radius 3 is 2.40 bits per heavy atom. The lowest BCUT2D eigenvalue weighted by Crippen LogP contribution is -2.51. The molecule has 3 N–H and O–H groups in total. The predicted octanol–water partition coefficient (Wildman–Crippen LogP) is 1.85. The number of phenols is 1. The number of hydrogen-bond acceptors (Lipinski definition) is 4. The van der Waals surface area contributed by atoms with Crippen LogP contribution in [0.5, 0.6) is 11.5 Å². The van der Waals surface area contributed by atoms with Gasteiger partial charge in [0.05, 0.1) is 0 Å². The molecule has 5 nitrogen and oxygen atoms in total. The van der Waals surface area contributed by atoms with Gasteiger partial charge in [-0.05, 0) is 57.2 Å². The number of carboxylic acids is 1. The minimum absolute atomic E-state index is 0.257. The minimum Gasteiger partial charge on any atom is -0.507 e. The molecular formula is C15H20O5. The number of ether oxygens (including phenoxy) is 1. The molecule has 0 saturated carbocycles. The molecule has 0 spiro atoms. The predicted molar refractivity (Wildman–Crippen MR) is 73.3 cm³/mol. The number of carbonyl (C=O) groups is 1. The monoisotopic (exact) mass is 280 g/mol. The highest BCUT2D eigenvalue weighted by Crippen LogP contribution is 2.44. The van der Waals surface area contributed by atoms with Crippen LogP contribution in [-0.4, -0.2) is 33.0 Å². The standard InChI is InChI=1S/C15H20O5/c1-7-8(2)12-10(9(3)11(7)16)5-6-15(4,20-12)13(17)14(18)19/h13,16-17H,5-6H2,1-4H3,(H,18,19). The lowest BCUT2D eigenvalue weighted by Gasteiger charge is -2.39. The molecule has 1 aromatic rings. The highest BCUT2D eigenvalue weighted by atomic mass is 16.5. The molecule has 1 heterocycles. The Morgan fingerprint density at radius 1 is 1.25 bits per heavy atom. The molecule has 1 aromatic carbocycles. The van der Waals surface area contributed by atoms with Crippen molar-refractivity contribution in [3.05, 3.63) is 22.3 Å². The fourth-order valence-corrected chi connectivity index (χ4v) is 2.72. The molecular weight excluding hydrogens is 260 g/mol. The van der Waals surface area contributed by atoms with Crippen LogP contribution < -0.4 is 4.74 Å².